The lowest BCUT2D eigenvalue weighted by atomic mass is 9.97. The lowest BCUT2D eigenvalue weighted by Crippen LogP contribution is -2.48. The van der Waals surface area contributed by atoms with E-state index in [0.717, 1.165) is 5.69 Å². The highest BCUT2D eigenvalue weighted by molar-refractivity contribution is 7.89. The van der Waals surface area contributed by atoms with Crippen LogP contribution in [0.2, 0.25) is 0 Å². The highest BCUT2D eigenvalue weighted by atomic mass is 32.2. The molecule has 0 aliphatic carbocycles. The number of hydrogen-bond acceptors (Lipinski definition) is 5. The van der Waals surface area contributed by atoms with Crippen LogP contribution in [0.1, 0.15) is 12.8 Å². The Bertz CT molecular complexity index is 990. The third-order valence-electron chi connectivity index (χ3n) is 5.43. The fourth-order valence-electron chi connectivity index (χ4n) is 3.88. The van der Waals surface area contributed by atoms with Crippen LogP contribution in [0.4, 0.5) is 5.69 Å². The molecule has 2 aliphatic rings. The van der Waals surface area contributed by atoms with Gasteiger partial charge in [0.2, 0.25) is 15.9 Å². The monoisotopic (exact) mass is 416 g/mol. The molecular weight excluding hydrogens is 392 g/mol. The molecule has 2 aliphatic heterocycles. The average molecular weight is 416 g/mol. The van der Waals surface area contributed by atoms with Gasteiger partial charge in [-0.2, -0.15) is 4.31 Å². The summed E-state index contributed by atoms with van der Waals surface area (Å²) in [5, 5.41) is 0. The van der Waals surface area contributed by atoms with Crippen molar-refractivity contribution in [3.63, 3.8) is 0 Å². The van der Waals surface area contributed by atoms with Gasteiger partial charge in [0.15, 0.2) is 0 Å². The molecule has 2 aromatic carbocycles. The van der Waals surface area contributed by atoms with Crippen molar-refractivity contribution in [2.75, 3.05) is 38.3 Å². The molecule has 2 heterocycles. The highest BCUT2D eigenvalue weighted by Gasteiger charge is 2.36. The summed E-state index contributed by atoms with van der Waals surface area (Å²) in [4.78, 5) is 15.2. The number of benzene rings is 2. The van der Waals surface area contributed by atoms with E-state index in [-0.39, 0.29) is 23.3 Å². The number of nitrogens with zero attached hydrogens (tertiary/aromatic N) is 2. The summed E-state index contributed by atoms with van der Waals surface area (Å²) in [5.74, 6) is 0.866. The molecule has 0 N–H and O–H groups in total. The SMILES string of the molecule is COc1ccc(S(=O)(=O)N2CCC[C@H](C(=O)N3CCOc4ccccc43)C2)cc1. The number of carbonyl (C=O) groups excluding carboxylic acids is 1. The molecular formula is C21H24N2O5S. The quantitative estimate of drug-likeness (QED) is 0.766. The zero-order valence-corrected chi connectivity index (χ0v) is 17.1. The maximum absolute atomic E-state index is 13.2. The second kappa shape index (κ2) is 8.04. The van der Waals surface area contributed by atoms with Crippen LogP contribution in [0.25, 0.3) is 0 Å². The summed E-state index contributed by atoms with van der Waals surface area (Å²) in [5.41, 5.74) is 0.749. The third kappa shape index (κ3) is 3.82. The van der Waals surface area contributed by atoms with Gasteiger partial charge in [-0.25, -0.2) is 8.42 Å². The van der Waals surface area contributed by atoms with Gasteiger partial charge in [0.25, 0.3) is 0 Å². The van der Waals surface area contributed by atoms with Crippen LogP contribution < -0.4 is 14.4 Å². The van der Waals surface area contributed by atoms with Crippen LogP contribution >= 0.6 is 0 Å². The molecule has 1 atom stereocenters. The van der Waals surface area contributed by atoms with Gasteiger partial charge in [-0.05, 0) is 49.2 Å². The Kier molecular flexibility index (Phi) is 5.47. The number of methoxy groups -OCH3 is 1. The highest BCUT2D eigenvalue weighted by Crippen LogP contribution is 2.34. The molecule has 0 radical (unpaired) electrons. The molecule has 1 amide bonds. The summed E-state index contributed by atoms with van der Waals surface area (Å²) in [6.45, 7) is 1.51. The van der Waals surface area contributed by atoms with E-state index in [1.165, 1.54) is 23.5 Å². The smallest absolute Gasteiger partial charge is 0.243 e. The second-order valence-electron chi connectivity index (χ2n) is 7.18. The van der Waals surface area contributed by atoms with E-state index in [9.17, 15) is 13.2 Å². The fraction of sp³-hybridized carbons (Fsp3) is 0.381. The summed E-state index contributed by atoms with van der Waals surface area (Å²) in [6.07, 6.45) is 1.32. The lowest BCUT2D eigenvalue weighted by Gasteiger charge is -2.36. The van der Waals surface area contributed by atoms with Gasteiger partial charge in [-0.15, -0.1) is 0 Å². The number of rotatable bonds is 4. The minimum Gasteiger partial charge on any atom is -0.497 e. The number of fused-ring (bicyclic) bond motifs is 1. The summed E-state index contributed by atoms with van der Waals surface area (Å²) in [6, 6.07) is 13.8. The molecule has 154 valence electrons. The number of sulfonamides is 1. The second-order valence-corrected chi connectivity index (χ2v) is 9.12. The Morgan fingerprint density at radius 2 is 1.86 bits per heavy atom. The predicted octanol–water partition coefficient (Wildman–Crippen LogP) is 2.52. The molecule has 29 heavy (non-hydrogen) atoms. The average Bonchev–Trinajstić information content (AvgIpc) is 2.78. The molecule has 0 saturated carbocycles. The normalized spacial score (nSPS) is 19.9. The van der Waals surface area contributed by atoms with E-state index in [1.54, 1.807) is 17.0 Å². The van der Waals surface area contributed by atoms with Crippen molar-refractivity contribution < 1.29 is 22.7 Å². The van der Waals surface area contributed by atoms with E-state index in [4.69, 9.17) is 9.47 Å². The zero-order valence-electron chi connectivity index (χ0n) is 16.3. The van der Waals surface area contributed by atoms with E-state index in [2.05, 4.69) is 0 Å². The first-order chi connectivity index (χ1) is 14.0. The fourth-order valence-corrected chi connectivity index (χ4v) is 5.40. The molecule has 0 spiro atoms. The van der Waals surface area contributed by atoms with Crippen molar-refractivity contribution in [3.8, 4) is 11.5 Å². The molecule has 7 nitrogen and oxygen atoms in total. The molecule has 4 rings (SSSR count). The van der Waals surface area contributed by atoms with Crippen molar-refractivity contribution >= 4 is 21.6 Å². The van der Waals surface area contributed by atoms with Gasteiger partial charge >= 0.3 is 0 Å². The van der Waals surface area contributed by atoms with Gasteiger partial charge in [-0.3, -0.25) is 4.79 Å². The Hall–Kier alpha value is -2.58. The number of piperidine rings is 1. The first-order valence-electron chi connectivity index (χ1n) is 9.68. The number of amides is 1. The molecule has 0 aromatic heterocycles. The standard InChI is InChI=1S/C21H24N2O5S/c1-27-17-8-10-18(11-9-17)29(25,26)22-12-4-5-16(15-22)21(24)23-13-14-28-20-7-3-2-6-19(20)23/h2-3,6-11,16H,4-5,12-15H2,1H3/t16-/m0/s1. The molecule has 1 saturated heterocycles. The van der Waals surface area contributed by atoms with Crippen LogP contribution in [-0.4, -0.2) is 52.0 Å². The number of ether oxygens (including phenoxy) is 2. The van der Waals surface area contributed by atoms with Crippen molar-refractivity contribution in [2.45, 2.75) is 17.7 Å². The topological polar surface area (TPSA) is 76.2 Å². The van der Waals surface area contributed by atoms with Gasteiger partial charge < -0.3 is 14.4 Å². The van der Waals surface area contributed by atoms with Crippen molar-refractivity contribution in [3.05, 3.63) is 48.5 Å². The van der Waals surface area contributed by atoms with Crippen LogP contribution in [-0.2, 0) is 14.8 Å². The molecule has 2 aromatic rings. The Labute approximate surface area is 170 Å². The molecule has 1 fully saturated rings. The van der Waals surface area contributed by atoms with Crippen LogP contribution in [0.3, 0.4) is 0 Å². The van der Waals surface area contributed by atoms with Crippen molar-refractivity contribution in [1.82, 2.24) is 4.31 Å². The van der Waals surface area contributed by atoms with Crippen molar-refractivity contribution in [2.24, 2.45) is 5.92 Å². The van der Waals surface area contributed by atoms with E-state index in [0.29, 0.717) is 44.0 Å². The van der Waals surface area contributed by atoms with E-state index in [1.807, 2.05) is 24.3 Å². The first-order valence-corrected chi connectivity index (χ1v) is 11.1. The Morgan fingerprint density at radius 3 is 2.62 bits per heavy atom. The Morgan fingerprint density at radius 1 is 1.10 bits per heavy atom. The van der Waals surface area contributed by atoms with Gasteiger partial charge in [0.1, 0.15) is 18.1 Å². The van der Waals surface area contributed by atoms with Gasteiger partial charge in [0.05, 0.1) is 30.2 Å². The minimum atomic E-state index is -3.66. The maximum atomic E-state index is 13.2. The number of carbonyl (C=O) groups is 1. The number of hydrogen-bond donors (Lipinski definition) is 0. The predicted molar refractivity (Wildman–Crippen MR) is 109 cm³/mol. The largest absolute Gasteiger partial charge is 0.497 e. The summed E-state index contributed by atoms with van der Waals surface area (Å²) < 4.78 is 38.3. The number of para-hydroxylation sites is 2. The van der Waals surface area contributed by atoms with Crippen molar-refractivity contribution in [1.29, 1.82) is 0 Å². The maximum Gasteiger partial charge on any atom is 0.243 e. The number of anilines is 1. The molecule has 0 bridgehead atoms. The van der Waals surface area contributed by atoms with Gasteiger partial charge in [-0.1, -0.05) is 12.1 Å². The molecule has 0 unspecified atom stereocenters. The lowest BCUT2D eigenvalue weighted by molar-refractivity contribution is -0.123. The van der Waals surface area contributed by atoms with E-state index < -0.39 is 10.0 Å². The first kappa shape index (κ1) is 19.7. The van der Waals surface area contributed by atoms with Crippen LogP contribution in [0.15, 0.2) is 53.4 Å². The minimum absolute atomic E-state index is 0.0459. The van der Waals surface area contributed by atoms with E-state index >= 15 is 0 Å². The Balaban J connectivity index is 1.53. The van der Waals surface area contributed by atoms with Crippen LogP contribution in [0.5, 0.6) is 11.5 Å². The van der Waals surface area contributed by atoms with Gasteiger partial charge in [0, 0.05) is 13.1 Å². The summed E-state index contributed by atoms with van der Waals surface area (Å²) >= 11 is 0. The van der Waals surface area contributed by atoms with Crippen LogP contribution in [0, 0.1) is 5.92 Å². The summed E-state index contributed by atoms with van der Waals surface area (Å²) in [7, 11) is -2.13. The molecule has 8 heteroatoms. The zero-order chi connectivity index (χ0) is 20.4. The third-order valence-corrected chi connectivity index (χ3v) is 7.30.